The summed E-state index contributed by atoms with van der Waals surface area (Å²) in [7, 11) is 5.47. The van der Waals surface area contributed by atoms with Gasteiger partial charge in [-0.05, 0) is 6.07 Å². The van der Waals surface area contributed by atoms with Gasteiger partial charge in [0.15, 0.2) is 0 Å². The lowest BCUT2D eigenvalue weighted by Gasteiger charge is -2.02. The summed E-state index contributed by atoms with van der Waals surface area (Å²) in [5, 5.41) is 0.880. The Hall–Kier alpha value is 0.215. The van der Waals surface area contributed by atoms with E-state index in [9.17, 15) is 0 Å². The van der Waals surface area contributed by atoms with Crippen LogP contribution in [0, 0.1) is 0 Å². The molecule has 1 aromatic carbocycles. The van der Waals surface area contributed by atoms with Crippen LogP contribution in [0.2, 0.25) is 10.0 Å². The number of rotatable bonds is 0. The van der Waals surface area contributed by atoms with E-state index in [1.807, 2.05) is 0 Å². The maximum atomic E-state index is 5.69. The van der Waals surface area contributed by atoms with Gasteiger partial charge in [-0.15, -0.1) is 12.6 Å². The van der Waals surface area contributed by atoms with Crippen molar-refractivity contribution in [2.75, 3.05) is 0 Å². The first-order chi connectivity index (χ1) is 4.63. The first-order valence-corrected chi connectivity index (χ1v) is 3.75. The molecule has 0 fully saturated rings. The minimum Gasteiger partial charge on any atom is -0.142 e. The van der Waals surface area contributed by atoms with Crippen molar-refractivity contribution in [1.29, 1.82) is 0 Å². The molecule has 1 aromatic rings. The zero-order valence-corrected chi connectivity index (χ0v) is 7.34. The van der Waals surface area contributed by atoms with Crippen LogP contribution in [-0.2, 0) is 0 Å². The Kier molecular flexibility index (Phi) is 2.56. The molecule has 0 heterocycles. The Bertz CT molecular complexity index is 235. The van der Waals surface area contributed by atoms with E-state index in [1.165, 1.54) is 0 Å². The van der Waals surface area contributed by atoms with E-state index in [0.717, 1.165) is 0 Å². The molecule has 0 spiro atoms. The normalized spacial score (nSPS) is 9.90. The van der Waals surface area contributed by atoms with Crippen LogP contribution in [0.25, 0.3) is 0 Å². The molecule has 0 saturated heterocycles. The summed E-state index contributed by atoms with van der Waals surface area (Å²) in [6.45, 7) is 0. The first kappa shape index (κ1) is 8.31. The van der Waals surface area contributed by atoms with Crippen molar-refractivity contribution in [3.63, 3.8) is 0 Å². The second-order valence-corrected chi connectivity index (χ2v) is 3.03. The fourth-order valence-electron chi connectivity index (χ4n) is 0.555. The van der Waals surface area contributed by atoms with Gasteiger partial charge in [0.25, 0.3) is 0 Å². The van der Waals surface area contributed by atoms with Gasteiger partial charge in [-0.25, -0.2) is 0 Å². The SMILES string of the molecule is [B]c1ccc(Cl)c(Cl)c1S. The first-order valence-electron chi connectivity index (χ1n) is 2.55. The van der Waals surface area contributed by atoms with Crippen molar-refractivity contribution in [2.45, 2.75) is 4.90 Å². The monoisotopic (exact) mass is 188 g/mol. The second kappa shape index (κ2) is 3.08. The van der Waals surface area contributed by atoms with Gasteiger partial charge in [0.1, 0.15) is 7.85 Å². The lowest BCUT2D eigenvalue weighted by atomic mass is 9.96. The zero-order chi connectivity index (χ0) is 7.72. The molecule has 0 N–H and O–H groups in total. The van der Waals surface area contributed by atoms with E-state index in [1.54, 1.807) is 12.1 Å². The smallest absolute Gasteiger partial charge is 0.115 e. The summed E-state index contributed by atoms with van der Waals surface area (Å²) >= 11 is 15.4. The van der Waals surface area contributed by atoms with Crippen LogP contribution < -0.4 is 5.46 Å². The molecule has 0 amide bonds. The molecule has 0 aliphatic heterocycles. The molecule has 2 radical (unpaired) electrons. The van der Waals surface area contributed by atoms with E-state index in [-0.39, 0.29) is 0 Å². The van der Waals surface area contributed by atoms with Gasteiger partial charge in [0, 0.05) is 4.90 Å². The second-order valence-electron chi connectivity index (χ2n) is 1.80. The molecule has 50 valence electrons. The quantitative estimate of drug-likeness (QED) is 0.468. The highest BCUT2D eigenvalue weighted by molar-refractivity contribution is 7.80. The summed E-state index contributed by atoms with van der Waals surface area (Å²) in [5.74, 6) is 0. The maximum absolute atomic E-state index is 5.69. The zero-order valence-electron chi connectivity index (χ0n) is 4.94. The molecule has 0 unspecified atom stereocenters. The molecule has 0 bridgehead atoms. The van der Waals surface area contributed by atoms with E-state index in [2.05, 4.69) is 12.6 Å². The van der Waals surface area contributed by atoms with Crippen molar-refractivity contribution in [1.82, 2.24) is 0 Å². The van der Waals surface area contributed by atoms with Gasteiger partial charge >= 0.3 is 0 Å². The highest BCUT2D eigenvalue weighted by atomic mass is 35.5. The summed E-state index contributed by atoms with van der Waals surface area (Å²) < 4.78 is 0. The van der Waals surface area contributed by atoms with E-state index in [0.29, 0.717) is 20.4 Å². The van der Waals surface area contributed by atoms with Crippen molar-refractivity contribution in [3.05, 3.63) is 22.2 Å². The average Bonchev–Trinajstić information content (AvgIpc) is 1.93. The number of hydrogen-bond donors (Lipinski definition) is 1. The predicted octanol–water partition coefficient (Wildman–Crippen LogP) is 2.08. The van der Waals surface area contributed by atoms with E-state index in [4.69, 9.17) is 31.0 Å². The Morgan fingerprint density at radius 3 is 2.40 bits per heavy atom. The molecule has 0 nitrogen and oxygen atoms in total. The Balaban J connectivity index is 3.34. The lowest BCUT2D eigenvalue weighted by molar-refractivity contribution is 1.54. The molecular weight excluding hydrogens is 186 g/mol. The summed E-state index contributed by atoms with van der Waals surface area (Å²) in [4.78, 5) is 0.536. The van der Waals surface area contributed by atoms with Gasteiger partial charge in [0.05, 0.1) is 10.0 Å². The minimum absolute atomic E-state index is 0.407. The lowest BCUT2D eigenvalue weighted by Crippen LogP contribution is -2.03. The van der Waals surface area contributed by atoms with Gasteiger partial charge in [-0.3, -0.25) is 0 Å². The molecule has 4 heteroatoms. The highest BCUT2D eigenvalue weighted by Crippen LogP contribution is 2.25. The fraction of sp³-hybridized carbons (Fsp3) is 0. The molecule has 0 aliphatic rings. The van der Waals surface area contributed by atoms with Crippen molar-refractivity contribution < 1.29 is 0 Å². The number of halogens is 2. The standard InChI is InChI=1S/C6H3BCl2S/c7-3-1-2-4(8)5(9)6(3)10/h1-2,10H. The molecule has 0 aliphatic carbocycles. The largest absolute Gasteiger partial charge is 0.142 e. The van der Waals surface area contributed by atoms with Crippen molar-refractivity contribution in [3.8, 4) is 0 Å². The van der Waals surface area contributed by atoms with Crippen LogP contribution in [-0.4, -0.2) is 7.85 Å². The Labute approximate surface area is 76.3 Å². The number of hydrogen-bond acceptors (Lipinski definition) is 1. The molecule has 0 saturated carbocycles. The Morgan fingerprint density at radius 1 is 1.30 bits per heavy atom. The third kappa shape index (κ3) is 1.44. The van der Waals surface area contributed by atoms with Gasteiger partial charge in [-0.2, -0.15) is 0 Å². The minimum atomic E-state index is 0.407. The van der Waals surface area contributed by atoms with Gasteiger partial charge < -0.3 is 0 Å². The molecule has 0 atom stereocenters. The van der Waals surface area contributed by atoms with E-state index >= 15 is 0 Å². The third-order valence-corrected chi connectivity index (χ3v) is 2.52. The van der Waals surface area contributed by atoms with Gasteiger partial charge in [-0.1, -0.05) is 34.7 Å². The van der Waals surface area contributed by atoms with Crippen LogP contribution >= 0.6 is 35.8 Å². The summed E-state index contributed by atoms with van der Waals surface area (Å²) in [6, 6.07) is 3.30. The molecule has 10 heavy (non-hydrogen) atoms. The maximum Gasteiger partial charge on any atom is 0.115 e. The van der Waals surface area contributed by atoms with Crippen LogP contribution in [0.3, 0.4) is 0 Å². The summed E-state index contributed by atoms with van der Waals surface area (Å²) in [6.07, 6.45) is 0. The predicted molar refractivity (Wildman–Crippen MR) is 49.1 cm³/mol. The third-order valence-electron chi connectivity index (χ3n) is 1.10. The van der Waals surface area contributed by atoms with Crippen LogP contribution in [0.1, 0.15) is 0 Å². The fourth-order valence-corrected chi connectivity index (χ4v) is 1.15. The molecule has 1 rings (SSSR count). The van der Waals surface area contributed by atoms with Gasteiger partial charge in [0.2, 0.25) is 0 Å². The topological polar surface area (TPSA) is 0 Å². The molecule has 0 aromatic heterocycles. The van der Waals surface area contributed by atoms with Crippen molar-refractivity contribution in [2.24, 2.45) is 0 Å². The summed E-state index contributed by atoms with van der Waals surface area (Å²) in [5.41, 5.74) is 0.540. The van der Waals surface area contributed by atoms with Crippen LogP contribution in [0.4, 0.5) is 0 Å². The van der Waals surface area contributed by atoms with E-state index < -0.39 is 0 Å². The van der Waals surface area contributed by atoms with Crippen LogP contribution in [0.5, 0.6) is 0 Å². The molecular formula is C6H3BCl2S. The van der Waals surface area contributed by atoms with Crippen molar-refractivity contribution >= 4 is 49.1 Å². The highest BCUT2D eigenvalue weighted by Gasteiger charge is 2.02. The number of thiol groups is 1. The van der Waals surface area contributed by atoms with Crippen LogP contribution in [0.15, 0.2) is 17.0 Å². The number of benzene rings is 1. The average molecular weight is 189 g/mol. The Morgan fingerprint density at radius 2 is 1.90 bits per heavy atom.